The molecule has 1 aromatic rings. The fourth-order valence-electron chi connectivity index (χ4n) is 1.10. The molecule has 2 N–H and O–H groups in total. The molecule has 0 saturated carbocycles. The Morgan fingerprint density at radius 3 is 3.07 bits per heavy atom. The first-order chi connectivity index (χ1) is 7.17. The fraction of sp³-hybridized carbons (Fsp3) is 0.333. The summed E-state index contributed by atoms with van der Waals surface area (Å²) >= 11 is 1.34. The minimum absolute atomic E-state index is 0.248. The molecular weight excluding hydrogens is 216 g/mol. The number of methoxy groups -OCH3 is 1. The van der Waals surface area contributed by atoms with E-state index in [2.05, 4.69) is 5.32 Å². The Balaban J connectivity index is 2.79. The highest BCUT2D eigenvalue weighted by Crippen LogP contribution is 2.22. The topological polar surface area (TPSA) is 82.3 Å². The van der Waals surface area contributed by atoms with E-state index < -0.39 is 12.1 Å². The highest BCUT2D eigenvalue weighted by molar-refractivity contribution is 7.10. The standard InChI is InChI=1S/C9H10N2O3S/c1-14-4-7(11-9(12)13)8-2-6(3-10)5-15-8/h2,5,7,11H,4H2,1H3,(H,12,13). The second kappa shape index (κ2) is 5.34. The Bertz CT molecular complexity index is 383. The Morgan fingerprint density at radius 2 is 2.60 bits per heavy atom. The molecule has 6 heteroatoms. The number of hydrogen-bond donors (Lipinski definition) is 2. The van der Waals surface area contributed by atoms with E-state index in [-0.39, 0.29) is 6.61 Å². The van der Waals surface area contributed by atoms with Gasteiger partial charge < -0.3 is 15.2 Å². The summed E-state index contributed by atoms with van der Waals surface area (Å²) in [4.78, 5) is 11.3. The maximum atomic E-state index is 10.5. The molecule has 0 radical (unpaired) electrons. The van der Waals surface area contributed by atoms with Crippen molar-refractivity contribution in [3.05, 3.63) is 21.9 Å². The number of nitriles is 1. The quantitative estimate of drug-likeness (QED) is 0.816. The van der Waals surface area contributed by atoms with Crippen molar-refractivity contribution in [2.45, 2.75) is 6.04 Å². The van der Waals surface area contributed by atoms with Gasteiger partial charge >= 0.3 is 6.09 Å². The normalized spacial score (nSPS) is 11.7. The Labute approximate surface area is 90.9 Å². The number of carboxylic acid groups (broad SMARTS) is 1. The first-order valence-electron chi connectivity index (χ1n) is 4.14. The maximum Gasteiger partial charge on any atom is 0.405 e. The van der Waals surface area contributed by atoms with Crippen LogP contribution in [0.1, 0.15) is 16.5 Å². The molecule has 1 atom stereocenters. The van der Waals surface area contributed by atoms with E-state index in [1.807, 2.05) is 6.07 Å². The molecule has 1 rings (SSSR count). The molecule has 0 saturated heterocycles. The first kappa shape index (κ1) is 11.5. The molecular formula is C9H10N2O3S. The van der Waals surface area contributed by atoms with E-state index in [0.717, 1.165) is 4.88 Å². The number of ether oxygens (including phenoxy) is 1. The van der Waals surface area contributed by atoms with Crippen LogP contribution in [0.3, 0.4) is 0 Å². The zero-order valence-corrected chi connectivity index (χ0v) is 8.87. The van der Waals surface area contributed by atoms with Crippen molar-refractivity contribution in [3.63, 3.8) is 0 Å². The first-order valence-corrected chi connectivity index (χ1v) is 5.02. The van der Waals surface area contributed by atoms with Crippen molar-refractivity contribution < 1.29 is 14.6 Å². The SMILES string of the molecule is COCC(NC(=O)O)c1cc(C#N)cs1. The summed E-state index contributed by atoms with van der Waals surface area (Å²) in [6.07, 6.45) is -1.11. The lowest BCUT2D eigenvalue weighted by Gasteiger charge is -2.13. The van der Waals surface area contributed by atoms with Crippen molar-refractivity contribution in [1.82, 2.24) is 5.32 Å². The number of nitrogens with zero attached hydrogens (tertiary/aromatic N) is 1. The van der Waals surface area contributed by atoms with Gasteiger partial charge in [0.15, 0.2) is 0 Å². The van der Waals surface area contributed by atoms with Crippen LogP contribution >= 0.6 is 11.3 Å². The van der Waals surface area contributed by atoms with Crippen LogP contribution in [-0.4, -0.2) is 24.9 Å². The van der Waals surface area contributed by atoms with E-state index >= 15 is 0 Å². The third kappa shape index (κ3) is 3.23. The predicted molar refractivity (Wildman–Crippen MR) is 54.8 cm³/mol. The molecule has 0 aliphatic carbocycles. The van der Waals surface area contributed by atoms with Crippen molar-refractivity contribution in [2.75, 3.05) is 13.7 Å². The minimum atomic E-state index is -1.11. The number of rotatable bonds is 4. The van der Waals surface area contributed by atoms with Gasteiger partial charge in [-0.2, -0.15) is 5.26 Å². The number of amides is 1. The summed E-state index contributed by atoms with van der Waals surface area (Å²) in [6, 6.07) is 3.23. The molecule has 1 amide bonds. The van der Waals surface area contributed by atoms with E-state index in [0.29, 0.717) is 5.56 Å². The maximum absolute atomic E-state index is 10.5. The Kier molecular flexibility index (Phi) is 4.09. The molecule has 1 heterocycles. The molecule has 1 aromatic heterocycles. The Morgan fingerprint density at radius 1 is 1.87 bits per heavy atom. The van der Waals surface area contributed by atoms with Crippen LogP contribution in [0.25, 0.3) is 0 Å². The average Bonchev–Trinajstić information content (AvgIpc) is 2.64. The second-order valence-electron chi connectivity index (χ2n) is 2.81. The van der Waals surface area contributed by atoms with E-state index in [1.165, 1.54) is 18.4 Å². The van der Waals surface area contributed by atoms with Gasteiger partial charge in [0.05, 0.1) is 18.2 Å². The lowest BCUT2D eigenvalue weighted by atomic mass is 10.2. The van der Waals surface area contributed by atoms with Gasteiger partial charge in [-0.25, -0.2) is 4.79 Å². The van der Waals surface area contributed by atoms with Gasteiger partial charge in [-0.3, -0.25) is 0 Å². The van der Waals surface area contributed by atoms with Gasteiger partial charge in [0, 0.05) is 17.4 Å². The van der Waals surface area contributed by atoms with Crippen LogP contribution in [0.4, 0.5) is 4.79 Å². The summed E-state index contributed by atoms with van der Waals surface area (Å²) in [5.41, 5.74) is 0.531. The van der Waals surface area contributed by atoms with Crippen LogP contribution in [0, 0.1) is 11.3 Å². The van der Waals surface area contributed by atoms with Gasteiger partial charge in [-0.05, 0) is 6.07 Å². The van der Waals surface area contributed by atoms with Crippen LogP contribution in [-0.2, 0) is 4.74 Å². The summed E-state index contributed by atoms with van der Waals surface area (Å²) in [5.74, 6) is 0. The molecule has 0 aliphatic heterocycles. The number of thiophene rings is 1. The third-order valence-corrected chi connectivity index (χ3v) is 2.77. The zero-order chi connectivity index (χ0) is 11.3. The molecule has 0 bridgehead atoms. The molecule has 0 fully saturated rings. The fourth-order valence-corrected chi connectivity index (χ4v) is 1.97. The molecule has 80 valence electrons. The van der Waals surface area contributed by atoms with Crippen molar-refractivity contribution in [2.24, 2.45) is 0 Å². The van der Waals surface area contributed by atoms with Gasteiger partial charge in [0.2, 0.25) is 0 Å². The molecule has 1 unspecified atom stereocenters. The van der Waals surface area contributed by atoms with Crippen molar-refractivity contribution in [3.8, 4) is 6.07 Å². The monoisotopic (exact) mass is 226 g/mol. The summed E-state index contributed by atoms with van der Waals surface area (Å²) < 4.78 is 4.90. The van der Waals surface area contributed by atoms with E-state index in [4.69, 9.17) is 15.1 Å². The smallest absolute Gasteiger partial charge is 0.405 e. The third-order valence-electron chi connectivity index (χ3n) is 1.72. The van der Waals surface area contributed by atoms with E-state index in [1.54, 1.807) is 11.4 Å². The van der Waals surface area contributed by atoms with Crippen LogP contribution in [0.15, 0.2) is 11.4 Å². The van der Waals surface area contributed by atoms with Gasteiger partial charge in [0.25, 0.3) is 0 Å². The van der Waals surface area contributed by atoms with Crippen molar-refractivity contribution in [1.29, 1.82) is 5.26 Å². The minimum Gasteiger partial charge on any atom is -0.465 e. The average molecular weight is 226 g/mol. The number of hydrogen-bond acceptors (Lipinski definition) is 4. The summed E-state index contributed by atoms with van der Waals surface area (Å²) in [6.45, 7) is 0.248. The molecule has 0 aromatic carbocycles. The molecule has 0 spiro atoms. The van der Waals surface area contributed by atoms with Crippen LogP contribution in [0.2, 0.25) is 0 Å². The highest BCUT2D eigenvalue weighted by atomic mass is 32.1. The largest absolute Gasteiger partial charge is 0.465 e. The lowest BCUT2D eigenvalue weighted by molar-refractivity contribution is 0.153. The van der Waals surface area contributed by atoms with Gasteiger partial charge in [-0.1, -0.05) is 0 Å². The van der Waals surface area contributed by atoms with Crippen LogP contribution in [0.5, 0.6) is 0 Å². The summed E-state index contributed by atoms with van der Waals surface area (Å²) in [5, 5.41) is 21.3. The lowest BCUT2D eigenvalue weighted by Crippen LogP contribution is -2.29. The molecule has 0 aliphatic rings. The summed E-state index contributed by atoms with van der Waals surface area (Å²) in [7, 11) is 1.50. The highest BCUT2D eigenvalue weighted by Gasteiger charge is 2.15. The van der Waals surface area contributed by atoms with Crippen LogP contribution < -0.4 is 5.32 Å². The molecule has 5 nitrogen and oxygen atoms in total. The van der Waals surface area contributed by atoms with Gasteiger partial charge in [0.1, 0.15) is 6.07 Å². The predicted octanol–water partition coefficient (Wildman–Crippen LogP) is 1.57. The number of carbonyl (C=O) groups is 1. The second-order valence-corrected chi connectivity index (χ2v) is 3.75. The number of nitrogens with one attached hydrogen (secondary N) is 1. The zero-order valence-electron chi connectivity index (χ0n) is 8.06. The molecule has 15 heavy (non-hydrogen) atoms. The van der Waals surface area contributed by atoms with Gasteiger partial charge in [-0.15, -0.1) is 11.3 Å². The van der Waals surface area contributed by atoms with Crippen molar-refractivity contribution >= 4 is 17.4 Å². The Hall–Kier alpha value is -1.58. The van der Waals surface area contributed by atoms with E-state index in [9.17, 15) is 4.79 Å².